The Labute approximate surface area is 276 Å². The molecule has 4 aromatic carbocycles. The third-order valence-corrected chi connectivity index (χ3v) is 10.6. The van der Waals surface area contributed by atoms with E-state index in [1.54, 1.807) is 36.9 Å². The van der Waals surface area contributed by atoms with E-state index in [1.807, 2.05) is 81.4 Å². The average molecular weight is 659 g/mol. The molecule has 1 heterocycles. The maximum atomic E-state index is 15.0. The Hall–Kier alpha value is -4.04. The number of hydrogen-bond donors (Lipinski definition) is 1. The summed E-state index contributed by atoms with van der Waals surface area (Å²) >= 11 is 0. The summed E-state index contributed by atoms with van der Waals surface area (Å²) in [6.45, 7) is 9.74. The number of nitrogens with zero attached hydrogens (tertiary/aromatic N) is 1. The van der Waals surface area contributed by atoms with E-state index >= 15 is 0 Å². The van der Waals surface area contributed by atoms with Crippen molar-refractivity contribution in [2.24, 2.45) is 0 Å². The van der Waals surface area contributed by atoms with Gasteiger partial charge in [0.2, 0.25) is 0 Å². The van der Waals surface area contributed by atoms with Crippen molar-refractivity contribution in [2.75, 3.05) is 26.3 Å². The first-order valence-electron chi connectivity index (χ1n) is 16.2. The molecule has 0 saturated carbocycles. The maximum absolute atomic E-state index is 15.0. The average Bonchev–Trinajstić information content (AvgIpc) is 3.03. The molecule has 248 valence electrons. The fourth-order valence-corrected chi connectivity index (χ4v) is 8.21. The second-order valence-electron chi connectivity index (χ2n) is 12.7. The third-order valence-electron chi connectivity index (χ3n) is 8.19. The van der Waals surface area contributed by atoms with Gasteiger partial charge in [-0.25, -0.2) is 4.79 Å². The van der Waals surface area contributed by atoms with E-state index in [-0.39, 0.29) is 36.3 Å². The number of carbonyl (C=O) groups is 3. The molecular formula is C37H43N2O7P. The highest BCUT2D eigenvalue weighted by Crippen LogP contribution is 2.63. The number of alkyl carbamates (subject to hydrolysis) is 1. The van der Waals surface area contributed by atoms with Gasteiger partial charge in [0.25, 0.3) is 5.91 Å². The third kappa shape index (κ3) is 7.75. The molecular weight excluding hydrogens is 615 g/mol. The van der Waals surface area contributed by atoms with E-state index in [1.165, 1.54) is 0 Å². The molecule has 0 aliphatic carbocycles. The van der Waals surface area contributed by atoms with Gasteiger partial charge in [0, 0.05) is 24.7 Å². The van der Waals surface area contributed by atoms with Crippen LogP contribution < -0.4 is 5.32 Å². The van der Waals surface area contributed by atoms with Crippen LogP contribution in [0.25, 0.3) is 21.5 Å². The largest absolute Gasteiger partial charge is 0.444 e. The van der Waals surface area contributed by atoms with Gasteiger partial charge in [-0.05, 0) is 86.7 Å². The van der Waals surface area contributed by atoms with Crippen molar-refractivity contribution >= 4 is 46.9 Å². The summed E-state index contributed by atoms with van der Waals surface area (Å²) in [7, 11) is -4.08. The van der Waals surface area contributed by atoms with Gasteiger partial charge in [0.15, 0.2) is 5.78 Å². The van der Waals surface area contributed by atoms with E-state index in [9.17, 15) is 18.9 Å². The summed E-state index contributed by atoms with van der Waals surface area (Å²) in [5.41, 5.74) is -1.04. The minimum absolute atomic E-state index is 0.0710. The lowest BCUT2D eigenvalue weighted by Crippen LogP contribution is -2.47. The van der Waals surface area contributed by atoms with Gasteiger partial charge in [-0.3, -0.25) is 14.2 Å². The number of hydrogen-bond acceptors (Lipinski definition) is 7. The molecule has 0 aromatic heterocycles. The van der Waals surface area contributed by atoms with Gasteiger partial charge >= 0.3 is 13.7 Å². The Kier molecular flexibility index (Phi) is 10.5. The maximum Gasteiger partial charge on any atom is 0.407 e. The Morgan fingerprint density at radius 2 is 1.38 bits per heavy atom. The van der Waals surface area contributed by atoms with Gasteiger partial charge in [-0.15, -0.1) is 0 Å². The molecule has 2 amide bonds. The second kappa shape index (κ2) is 14.4. The number of Topliss-reactive ketones (excluding diaryl/α,β-unsaturated/α-hetero) is 1. The number of carbonyl (C=O) groups excluding carboxylic acids is 3. The van der Waals surface area contributed by atoms with Crippen molar-refractivity contribution in [1.29, 1.82) is 0 Å². The van der Waals surface area contributed by atoms with Crippen LogP contribution in [0.2, 0.25) is 0 Å². The van der Waals surface area contributed by atoms with Gasteiger partial charge in [-0.2, -0.15) is 0 Å². The molecule has 0 spiro atoms. The summed E-state index contributed by atoms with van der Waals surface area (Å²) in [5, 5.41) is 6.10. The number of nitrogens with one attached hydrogen (secondary N) is 1. The number of benzene rings is 4. The van der Waals surface area contributed by atoms with E-state index < -0.39 is 30.7 Å². The molecule has 1 unspecified atom stereocenters. The predicted molar refractivity (Wildman–Crippen MR) is 184 cm³/mol. The first-order valence-corrected chi connectivity index (χ1v) is 17.8. The highest BCUT2D eigenvalue weighted by molar-refractivity contribution is 7.55. The van der Waals surface area contributed by atoms with Crippen LogP contribution in [-0.2, 0) is 18.3 Å². The SMILES string of the molecule is CCOP(=O)(OCC)C(C(=O)c1cc2ccccc2cc1C(=O)N1CCC(NC(=O)OC(C)(C)C)CC1)c1cccc2ccccc12. The van der Waals surface area contributed by atoms with Crippen LogP contribution in [0.5, 0.6) is 0 Å². The summed E-state index contributed by atoms with van der Waals surface area (Å²) < 4.78 is 31.7. The topological polar surface area (TPSA) is 111 Å². The lowest BCUT2D eigenvalue weighted by molar-refractivity contribution is 0.0472. The van der Waals surface area contributed by atoms with Crippen molar-refractivity contribution in [2.45, 2.75) is 64.8 Å². The number of rotatable bonds is 10. The number of ether oxygens (including phenoxy) is 1. The van der Waals surface area contributed by atoms with Crippen molar-refractivity contribution in [3.05, 3.63) is 95.6 Å². The van der Waals surface area contributed by atoms with E-state index in [0.29, 0.717) is 31.5 Å². The lowest BCUT2D eigenvalue weighted by Gasteiger charge is -2.33. The fourth-order valence-electron chi connectivity index (χ4n) is 6.13. The number of fused-ring (bicyclic) bond motifs is 2. The summed E-state index contributed by atoms with van der Waals surface area (Å²) in [6.07, 6.45) is 0.575. The van der Waals surface area contributed by atoms with Crippen molar-refractivity contribution in [3.8, 4) is 0 Å². The molecule has 5 rings (SSSR count). The zero-order valence-corrected chi connectivity index (χ0v) is 28.5. The highest BCUT2D eigenvalue weighted by Gasteiger charge is 2.44. The molecule has 0 radical (unpaired) electrons. The van der Waals surface area contributed by atoms with Crippen LogP contribution in [0.1, 0.15) is 79.4 Å². The summed E-state index contributed by atoms with van der Waals surface area (Å²) in [5.74, 6) is -0.823. The van der Waals surface area contributed by atoms with Crippen molar-refractivity contribution in [1.82, 2.24) is 10.2 Å². The van der Waals surface area contributed by atoms with Crippen LogP contribution in [-0.4, -0.2) is 60.6 Å². The molecule has 4 aromatic rings. The predicted octanol–water partition coefficient (Wildman–Crippen LogP) is 8.31. The minimum Gasteiger partial charge on any atom is -0.444 e. The van der Waals surface area contributed by atoms with Crippen LogP contribution in [0.3, 0.4) is 0 Å². The van der Waals surface area contributed by atoms with Crippen LogP contribution in [0.4, 0.5) is 4.79 Å². The molecule has 1 aliphatic rings. The summed E-state index contributed by atoms with van der Waals surface area (Å²) in [4.78, 5) is 43.3. The minimum atomic E-state index is -4.08. The number of piperidine rings is 1. The Balaban J connectivity index is 1.55. The van der Waals surface area contributed by atoms with Crippen molar-refractivity contribution in [3.63, 3.8) is 0 Å². The smallest absolute Gasteiger partial charge is 0.407 e. The monoisotopic (exact) mass is 658 g/mol. The molecule has 1 fully saturated rings. The van der Waals surface area contributed by atoms with Gasteiger partial charge in [0.05, 0.1) is 18.8 Å². The fraction of sp³-hybridized carbons (Fsp3) is 0.378. The van der Waals surface area contributed by atoms with Crippen LogP contribution >= 0.6 is 7.60 Å². The Morgan fingerprint density at radius 3 is 1.98 bits per heavy atom. The highest BCUT2D eigenvalue weighted by atomic mass is 31.2. The van der Waals surface area contributed by atoms with Gasteiger partial charge in [-0.1, -0.05) is 66.7 Å². The molecule has 9 nitrogen and oxygen atoms in total. The standard InChI is InChI=1S/C37H43N2O7P/c1-6-44-47(43,45-7-2)34(30-18-12-16-25-13-10-11-17-29(25)30)33(40)31-23-26-14-8-9-15-27(26)24-32(31)35(41)39-21-19-28(20-22-39)38-36(42)46-37(3,4)5/h8-18,23-24,28,34H,6-7,19-22H2,1-5H3,(H,38,42). The second-order valence-corrected chi connectivity index (χ2v) is 14.8. The molecule has 10 heteroatoms. The number of amides is 2. The van der Waals surface area contributed by atoms with Crippen LogP contribution in [0.15, 0.2) is 78.9 Å². The zero-order chi connectivity index (χ0) is 33.8. The first-order chi connectivity index (χ1) is 22.4. The van der Waals surface area contributed by atoms with Gasteiger partial charge < -0.3 is 24.0 Å². The first kappa shape index (κ1) is 34.3. The molecule has 1 aliphatic heterocycles. The van der Waals surface area contributed by atoms with Gasteiger partial charge in [0.1, 0.15) is 11.3 Å². The molecule has 47 heavy (non-hydrogen) atoms. The number of likely N-dealkylation sites (tertiary alicyclic amines) is 1. The number of ketones is 1. The molecule has 0 bridgehead atoms. The Bertz CT molecular complexity index is 1810. The van der Waals surface area contributed by atoms with Crippen molar-refractivity contribution < 1.29 is 32.7 Å². The van der Waals surface area contributed by atoms with Crippen LogP contribution in [0, 0.1) is 0 Å². The normalized spacial score (nSPS) is 15.0. The summed E-state index contributed by atoms with van der Waals surface area (Å²) in [6, 6.07) is 23.9. The zero-order valence-electron chi connectivity index (χ0n) is 27.7. The van der Waals surface area contributed by atoms with E-state index in [0.717, 1.165) is 21.5 Å². The Morgan fingerprint density at radius 1 is 0.830 bits per heavy atom. The molecule has 1 saturated heterocycles. The lowest BCUT2D eigenvalue weighted by atomic mass is 9.92. The molecule has 1 atom stereocenters. The quantitative estimate of drug-likeness (QED) is 0.135. The molecule has 1 N–H and O–H groups in total. The van der Waals surface area contributed by atoms with E-state index in [4.69, 9.17) is 13.8 Å². The van der Waals surface area contributed by atoms with E-state index in [2.05, 4.69) is 5.32 Å².